The van der Waals surface area contributed by atoms with Gasteiger partial charge in [0.15, 0.2) is 0 Å². The monoisotopic (exact) mass is 158 g/mol. The molecule has 4 heteroatoms. The molecule has 0 rings (SSSR count). The highest BCUT2D eigenvalue weighted by Crippen LogP contribution is 2.23. The van der Waals surface area contributed by atoms with Crippen LogP contribution in [0.25, 0.3) is 0 Å². The Morgan fingerprint density at radius 2 is 2.18 bits per heavy atom. The molecule has 0 unspecified atom stereocenters. The zero-order chi connectivity index (χ0) is 9.02. The molecule has 0 spiro atoms. The molecule has 2 nitrogen and oxygen atoms in total. The van der Waals surface area contributed by atoms with Crippen molar-refractivity contribution in [3.05, 3.63) is 12.2 Å². The number of alkyl halides is 1. The van der Waals surface area contributed by atoms with Crippen LogP contribution in [-0.2, 0) is 0 Å². The maximum Gasteiger partial charge on any atom is 0.205 e. The lowest BCUT2D eigenvalue weighted by Gasteiger charge is -2.20. The van der Waals surface area contributed by atoms with Crippen molar-refractivity contribution >= 4 is 7.85 Å². The summed E-state index contributed by atoms with van der Waals surface area (Å²) < 4.78 is 12.3. The zero-order valence-corrected chi connectivity index (χ0v) is 6.50. The molecule has 0 aliphatic rings. The topological polar surface area (TPSA) is 40.5 Å². The van der Waals surface area contributed by atoms with Crippen LogP contribution in [0.4, 0.5) is 4.39 Å². The predicted molar refractivity (Wildman–Crippen MR) is 42.0 cm³/mol. The molecule has 0 amide bonds. The van der Waals surface area contributed by atoms with E-state index < -0.39 is 24.7 Å². The average molecular weight is 158 g/mol. The SMILES string of the molecule is [B][C@@H](C)C(=C)[C@H](CO)[C@@H](O)F. The van der Waals surface area contributed by atoms with Crippen LogP contribution in [0.1, 0.15) is 6.92 Å². The molecule has 2 N–H and O–H groups in total. The summed E-state index contributed by atoms with van der Waals surface area (Å²) in [6, 6.07) is 0. The Hall–Kier alpha value is -0.345. The van der Waals surface area contributed by atoms with Crippen molar-refractivity contribution in [2.75, 3.05) is 6.61 Å². The molecule has 0 aromatic heterocycles. The van der Waals surface area contributed by atoms with Crippen molar-refractivity contribution in [3.63, 3.8) is 0 Å². The van der Waals surface area contributed by atoms with Gasteiger partial charge in [0.05, 0.1) is 20.4 Å². The minimum Gasteiger partial charge on any atom is -0.396 e. The van der Waals surface area contributed by atoms with Crippen molar-refractivity contribution in [2.24, 2.45) is 5.92 Å². The highest BCUT2D eigenvalue weighted by molar-refractivity contribution is 6.13. The summed E-state index contributed by atoms with van der Waals surface area (Å²) in [6.45, 7) is 4.61. The minimum atomic E-state index is -2.08. The molecule has 62 valence electrons. The van der Waals surface area contributed by atoms with E-state index in [1.807, 2.05) is 0 Å². The summed E-state index contributed by atoms with van der Waals surface area (Å²) in [7, 11) is 5.36. The molecule has 2 radical (unpaired) electrons. The lowest BCUT2D eigenvalue weighted by Crippen LogP contribution is -2.22. The first kappa shape index (κ1) is 10.7. The maximum atomic E-state index is 12.3. The van der Waals surface area contributed by atoms with Crippen LogP contribution in [0.2, 0.25) is 5.82 Å². The van der Waals surface area contributed by atoms with E-state index in [4.69, 9.17) is 18.1 Å². The number of hydrogen-bond donors (Lipinski definition) is 2. The van der Waals surface area contributed by atoms with E-state index in [1.165, 1.54) is 0 Å². The average Bonchev–Trinajstić information content (AvgIpc) is 1.88. The van der Waals surface area contributed by atoms with E-state index in [1.54, 1.807) is 6.92 Å². The van der Waals surface area contributed by atoms with E-state index in [0.717, 1.165) is 0 Å². The van der Waals surface area contributed by atoms with Gasteiger partial charge < -0.3 is 10.2 Å². The second-order valence-electron chi connectivity index (χ2n) is 2.53. The predicted octanol–water partition coefficient (Wildman–Crippen LogP) is 0.416. The second kappa shape index (κ2) is 4.52. The van der Waals surface area contributed by atoms with Gasteiger partial charge in [0.1, 0.15) is 0 Å². The Balaban J connectivity index is 4.15. The molecule has 0 fully saturated rings. The van der Waals surface area contributed by atoms with Crippen LogP contribution in [0, 0.1) is 5.92 Å². The summed E-state index contributed by atoms with van der Waals surface area (Å²) in [4.78, 5) is 0. The number of rotatable bonds is 4. The highest BCUT2D eigenvalue weighted by Gasteiger charge is 2.21. The molecular weight excluding hydrogens is 146 g/mol. The van der Waals surface area contributed by atoms with Gasteiger partial charge in [-0.1, -0.05) is 24.9 Å². The number of halogens is 1. The fourth-order valence-electron chi connectivity index (χ4n) is 0.719. The summed E-state index contributed by atoms with van der Waals surface area (Å²) in [5.74, 6) is -1.38. The maximum absolute atomic E-state index is 12.3. The molecule has 0 saturated carbocycles. The van der Waals surface area contributed by atoms with Crippen LogP contribution in [0.3, 0.4) is 0 Å². The molecule has 0 aliphatic heterocycles. The molecule has 0 heterocycles. The first-order valence-electron chi connectivity index (χ1n) is 3.38. The van der Waals surface area contributed by atoms with Crippen LogP contribution < -0.4 is 0 Å². The van der Waals surface area contributed by atoms with E-state index in [-0.39, 0.29) is 0 Å². The van der Waals surface area contributed by atoms with E-state index >= 15 is 0 Å². The van der Waals surface area contributed by atoms with Crippen LogP contribution in [0.15, 0.2) is 12.2 Å². The number of aliphatic hydroxyl groups is 2. The van der Waals surface area contributed by atoms with Gasteiger partial charge in [-0.05, 0) is 0 Å². The first-order valence-corrected chi connectivity index (χ1v) is 3.38. The summed E-state index contributed by atoms with van der Waals surface area (Å²) in [5.41, 5.74) is 0.322. The molecule has 0 aromatic carbocycles. The van der Waals surface area contributed by atoms with Gasteiger partial charge >= 0.3 is 0 Å². The Morgan fingerprint density at radius 1 is 1.73 bits per heavy atom. The van der Waals surface area contributed by atoms with E-state index in [0.29, 0.717) is 5.57 Å². The number of aliphatic hydroxyl groups excluding tert-OH is 2. The second-order valence-corrected chi connectivity index (χ2v) is 2.53. The zero-order valence-electron chi connectivity index (χ0n) is 6.50. The van der Waals surface area contributed by atoms with Gasteiger partial charge in [-0.15, -0.1) is 0 Å². The Kier molecular flexibility index (Phi) is 4.37. The largest absolute Gasteiger partial charge is 0.396 e. The fraction of sp³-hybridized carbons (Fsp3) is 0.714. The van der Waals surface area contributed by atoms with Gasteiger partial charge in [0, 0.05) is 0 Å². The summed E-state index contributed by atoms with van der Waals surface area (Å²) >= 11 is 0. The van der Waals surface area contributed by atoms with Crippen molar-refractivity contribution in [1.82, 2.24) is 0 Å². The van der Waals surface area contributed by atoms with Crippen molar-refractivity contribution in [1.29, 1.82) is 0 Å². The minimum absolute atomic E-state index is 0.322. The third-order valence-electron chi connectivity index (χ3n) is 1.59. The highest BCUT2D eigenvalue weighted by atomic mass is 19.1. The van der Waals surface area contributed by atoms with Crippen LogP contribution in [0.5, 0.6) is 0 Å². The Morgan fingerprint density at radius 3 is 2.27 bits per heavy atom. The van der Waals surface area contributed by atoms with Crippen molar-refractivity contribution < 1.29 is 14.6 Å². The Bertz CT molecular complexity index is 136. The lowest BCUT2D eigenvalue weighted by atomic mass is 9.78. The van der Waals surface area contributed by atoms with Gasteiger partial charge in [-0.25, -0.2) is 4.39 Å². The first-order chi connectivity index (χ1) is 5.00. The van der Waals surface area contributed by atoms with Gasteiger partial charge in [0.25, 0.3) is 0 Å². The molecule has 11 heavy (non-hydrogen) atoms. The lowest BCUT2D eigenvalue weighted by molar-refractivity contribution is -0.0176. The molecule has 3 atom stereocenters. The molecule has 0 aliphatic carbocycles. The fourth-order valence-corrected chi connectivity index (χ4v) is 0.719. The Labute approximate surface area is 67.1 Å². The summed E-state index contributed by atoms with van der Waals surface area (Å²) in [5, 5.41) is 17.1. The van der Waals surface area contributed by atoms with E-state index in [9.17, 15) is 4.39 Å². The van der Waals surface area contributed by atoms with Gasteiger partial charge in [0.2, 0.25) is 6.36 Å². The smallest absolute Gasteiger partial charge is 0.205 e. The molecule has 0 saturated heterocycles. The van der Waals surface area contributed by atoms with Crippen molar-refractivity contribution in [3.8, 4) is 0 Å². The van der Waals surface area contributed by atoms with Crippen LogP contribution in [-0.4, -0.2) is 31.0 Å². The van der Waals surface area contributed by atoms with Gasteiger partial charge in [-0.3, -0.25) is 0 Å². The number of hydrogen-bond acceptors (Lipinski definition) is 2. The molecular formula is C7H12BFO2. The van der Waals surface area contributed by atoms with Crippen LogP contribution >= 0.6 is 0 Å². The molecule has 0 bridgehead atoms. The third kappa shape index (κ3) is 3.03. The van der Waals surface area contributed by atoms with E-state index in [2.05, 4.69) is 6.58 Å². The van der Waals surface area contributed by atoms with Gasteiger partial charge in [-0.2, -0.15) is 0 Å². The normalized spacial score (nSPS) is 18.9. The molecule has 0 aromatic rings. The summed E-state index contributed by atoms with van der Waals surface area (Å²) in [6.07, 6.45) is -2.08. The quantitative estimate of drug-likeness (QED) is 0.459. The third-order valence-corrected chi connectivity index (χ3v) is 1.59. The standard InChI is InChI=1S/C7H12BFO2/c1-4(5(2)8)6(3-10)7(9)11/h5-7,10-11H,1,3H2,2H3/t5-,6-,7+/m0/s1. The van der Waals surface area contributed by atoms with Crippen molar-refractivity contribution in [2.45, 2.75) is 19.1 Å².